The Kier molecular flexibility index (Phi) is 6.08. The zero-order chi connectivity index (χ0) is 22.6. The number of ether oxygens (including phenoxy) is 2. The number of benzene rings is 1. The molecular weight excluding hydrogens is 420 g/mol. The molecule has 1 amide bonds. The molecule has 1 aliphatic carbocycles. The third-order valence-corrected chi connectivity index (χ3v) is 6.26. The van der Waals surface area contributed by atoms with E-state index in [9.17, 15) is 9.59 Å². The number of hydrogen-bond donors (Lipinski definition) is 3. The van der Waals surface area contributed by atoms with Gasteiger partial charge in [0.2, 0.25) is 6.79 Å². The van der Waals surface area contributed by atoms with E-state index in [1.54, 1.807) is 24.7 Å². The van der Waals surface area contributed by atoms with Crippen molar-refractivity contribution in [3.05, 3.63) is 76.5 Å². The SMILES string of the molecule is O=C(NC1CCC(NCc2ccncc2)CC1)c1cc(-c2ccc3c(c2)OCO3)c[nH]c1=O. The molecule has 0 saturated heterocycles. The number of H-pyrrole nitrogens is 1. The van der Waals surface area contributed by atoms with Crippen LogP contribution in [0.2, 0.25) is 0 Å². The van der Waals surface area contributed by atoms with Crippen LogP contribution in [-0.2, 0) is 6.54 Å². The Morgan fingerprint density at radius 3 is 2.55 bits per heavy atom. The quantitative estimate of drug-likeness (QED) is 0.538. The van der Waals surface area contributed by atoms with E-state index in [4.69, 9.17) is 9.47 Å². The lowest BCUT2D eigenvalue weighted by molar-refractivity contribution is 0.0922. The Hall–Kier alpha value is -3.65. The molecule has 0 spiro atoms. The van der Waals surface area contributed by atoms with Crippen LogP contribution in [0.5, 0.6) is 11.5 Å². The summed E-state index contributed by atoms with van der Waals surface area (Å²) in [5, 5.41) is 6.63. The largest absolute Gasteiger partial charge is 0.454 e. The number of pyridine rings is 2. The molecule has 0 radical (unpaired) electrons. The Labute approximate surface area is 191 Å². The monoisotopic (exact) mass is 446 g/mol. The van der Waals surface area contributed by atoms with Gasteiger partial charge in [0.1, 0.15) is 5.56 Å². The highest BCUT2D eigenvalue weighted by Gasteiger charge is 2.24. The van der Waals surface area contributed by atoms with Crippen molar-refractivity contribution in [3.63, 3.8) is 0 Å². The van der Waals surface area contributed by atoms with Gasteiger partial charge < -0.3 is 25.1 Å². The van der Waals surface area contributed by atoms with E-state index in [0.717, 1.165) is 43.4 Å². The first-order valence-corrected chi connectivity index (χ1v) is 11.2. The normalized spacial score (nSPS) is 19.3. The average molecular weight is 447 g/mol. The fraction of sp³-hybridized carbons (Fsp3) is 0.320. The molecule has 8 nitrogen and oxygen atoms in total. The molecular formula is C25H26N4O4. The summed E-state index contributed by atoms with van der Waals surface area (Å²) in [4.78, 5) is 32.0. The van der Waals surface area contributed by atoms with Gasteiger partial charge in [0.15, 0.2) is 11.5 Å². The van der Waals surface area contributed by atoms with Crippen molar-refractivity contribution >= 4 is 5.91 Å². The number of carbonyl (C=O) groups is 1. The van der Waals surface area contributed by atoms with Gasteiger partial charge in [0.05, 0.1) is 0 Å². The highest BCUT2D eigenvalue weighted by atomic mass is 16.7. The number of fused-ring (bicyclic) bond motifs is 1. The number of hydrogen-bond acceptors (Lipinski definition) is 6. The minimum Gasteiger partial charge on any atom is -0.454 e. The molecule has 1 aromatic carbocycles. The zero-order valence-electron chi connectivity index (χ0n) is 18.2. The second-order valence-electron chi connectivity index (χ2n) is 8.46. The van der Waals surface area contributed by atoms with E-state index in [0.29, 0.717) is 17.5 Å². The molecule has 3 aromatic rings. The molecule has 3 N–H and O–H groups in total. The second kappa shape index (κ2) is 9.46. The molecule has 1 fully saturated rings. The molecule has 0 atom stereocenters. The van der Waals surface area contributed by atoms with Crippen LogP contribution in [-0.4, -0.2) is 34.8 Å². The molecule has 5 rings (SSSR count). The fourth-order valence-electron chi connectivity index (χ4n) is 4.36. The first-order chi connectivity index (χ1) is 16.2. The summed E-state index contributed by atoms with van der Waals surface area (Å²) < 4.78 is 10.8. The smallest absolute Gasteiger partial charge is 0.260 e. The van der Waals surface area contributed by atoms with Crippen LogP contribution >= 0.6 is 0 Å². The first kappa shape index (κ1) is 21.2. The number of nitrogens with one attached hydrogen (secondary N) is 3. The molecule has 2 aliphatic rings. The van der Waals surface area contributed by atoms with Gasteiger partial charge in [0, 0.05) is 37.2 Å². The van der Waals surface area contributed by atoms with Crippen molar-refractivity contribution in [2.75, 3.05) is 6.79 Å². The van der Waals surface area contributed by atoms with E-state index in [1.165, 1.54) is 5.56 Å². The third-order valence-electron chi connectivity index (χ3n) is 6.26. The minimum atomic E-state index is -0.398. The van der Waals surface area contributed by atoms with Crippen LogP contribution < -0.4 is 25.7 Å². The van der Waals surface area contributed by atoms with Gasteiger partial charge >= 0.3 is 0 Å². The van der Waals surface area contributed by atoms with E-state index in [1.807, 2.05) is 30.3 Å². The number of amides is 1. The predicted molar refractivity (Wildman–Crippen MR) is 123 cm³/mol. The van der Waals surface area contributed by atoms with Crippen molar-refractivity contribution in [2.24, 2.45) is 0 Å². The Morgan fingerprint density at radius 2 is 1.73 bits per heavy atom. The topological polar surface area (TPSA) is 105 Å². The molecule has 0 unspecified atom stereocenters. The van der Waals surface area contributed by atoms with Crippen molar-refractivity contribution in [1.29, 1.82) is 0 Å². The molecule has 33 heavy (non-hydrogen) atoms. The zero-order valence-corrected chi connectivity index (χ0v) is 18.2. The molecule has 170 valence electrons. The summed E-state index contributed by atoms with van der Waals surface area (Å²) in [5.74, 6) is 0.998. The van der Waals surface area contributed by atoms with Crippen molar-refractivity contribution in [1.82, 2.24) is 20.6 Å². The number of aromatic nitrogens is 2. The highest BCUT2D eigenvalue weighted by molar-refractivity contribution is 5.95. The lowest BCUT2D eigenvalue weighted by Crippen LogP contribution is -2.43. The van der Waals surface area contributed by atoms with E-state index in [2.05, 4.69) is 20.6 Å². The highest BCUT2D eigenvalue weighted by Crippen LogP contribution is 2.35. The molecule has 0 bridgehead atoms. The van der Waals surface area contributed by atoms with Crippen molar-refractivity contribution in [2.45, 2.75) is 44.3 Å². The van der Waals surface area contributed by atoms with Crippen LogP contribution in [0.25, 0.3) is 11.1 Å². The predicted octanol–water partition coefficient (Wildman–Crippen LogP) is 3.00. The first-order valence-electron chi connectivity index (χ1n) is 11.2. The molecule has 8 heteroatoms. The summed E-state index contributed by atoms with van der Waals surface area (Å²) >= 11 is 0. The second-order valence-corrected chi connectivity index (χ2v) is 8.46. The number of nitrogens with zero attached hydrogens (tertiary/aromatic N) is 1. The lowest BCUT2D eigenvalue weighted by Gasteiger charge is -2.29. The Balaban J connectivity index is 1.19. The van der Waals surface area contributed by atoms with E-state index < -0.39 is 5.56 Å². The maximum absolute atomic E-state index is 12.9. The third kappa shape index (κ3) is 4.90. The standard InChI is InChI=1S/C25H26N4O4/c30-24-21(11-18(14-28-24)17-1-6-22-23(12-17)33-15-32-22)25(31)29-20-4-2-19(3-5-20)27-13-16-7-9-26-10-8-16/h1,6-12,14,19-20,27H,2-5,13,15H2,(H,28,30)(H,29,31). The van der Waals surface area contributed by atoms with Crippen LogP contribution in [0.3, 0.4) is 0 Å². The van der Waals surface area contributed by atoms with E-state index >= 15 is 0 Å². The van der Waals surface area contributed by atoms with Gasteiger partial charge in [-0.05, 0) is 72.7 Å². The summed E-state index contributed by atoms with van der Waals surface area (Å²) in [6.07, 6.45) is 8.90. The molecule has 2 aromatic heterocycles. The minimum absolute atomic E-state index is 0.0603. The molecule has 1 saturated carbocycles. The Bertz CT molecular complexity index is 1190. The number of rotatable bonds is 6. The lowest BCUT2D eigenvalue weighted by atomic mass is 9.91. The molecule has 3 heterocycles. The fourth-order valence-corrected chi connectivity index (χ4v) is 4.36. The van der Waals surface area contributed by atoms with Crippen LogP contribution in [0.15, 0.2) is 59.8 Å². The van der Waals surface area contributed by atoms with Gasteiger partial charge in [-0.2, -0.15) is 0 Å². The maximum atomic E-state index is 12.9. The Morgan fingerprint density at radius 1 is 0.970 bits per heavy atom. The average Bonchev–Trinajstić information content (AvgIpc) is 3.32. The van der Waals surface area contributed by atoms with Crippen LogP contribution in [0.1, 0.15) is 41.6 Å². The summed E-state index contributed by atoms with van der Waals surface area (Å²) in [6, 6.07) is 11.7. The maximum Gasteiger partial charge on any atom is 0.260 e. The van der Waals surface area contributed by atoms with Gasteiger partial charge in [-0.3, -0.25) is 14.6 Å². The summed E-state index contributed by atoms with van der Waals surface area (Å²) in [7, 11) is 0. The van der Waals surface area contributed by atoms with Crippen LogP contribution in [0.4, 0.5) is 0 Å². The van der Waals surface area contributed by atoms with E-state index in [-0.39, 0.29) is 24.3 Å². The van der Waals surface area contributed by atoms with Gasteiger partial charge in [-0.25, -0.2) is 0 Å². The number of aromatic amines is 1. The van der Waals surface area contributed by atoms with Gasteiger partial charge in [0.25, 0.3) is 11.5 Å². The van der Waals surface area contributed by atoms with Crippen molar-refractivity contribution < 1.29 is 14.3 Å². The van der Waals surface area contributed by atoms with Gasteiger partial charge in [-0.1, -0.05) is 6.07 Å². The van der Waals surface area contributed by atoms with Crippen molar-refractivity contribution in [3.8, 4) is 22.6 Å². The summed E-state index contributed by atoms with van der Waals surface area (Å²) in [5.41, 5.74) is 2.50. The van der Waals surface area contributed by atoms with Crippen LogP contribution in [0, 0.1) is 0 Å². The molecule has 1 aliphatic heterocycles. The summed E-state index contributed by atoms with van der Waals surface area (Å²) in [6.45, 7) is 1.01. The van der Waals surface area contributed by atoms with Gasteiger partial charge in [-0.15, -0.1) is 0 Å². The number of carbonyl (C=O) groups excluding carboxylic acids is 1.